The van der Waals surface area contributed by atoms with Gasteiger partial charge >= 0.3 is 0 Å². The van der Waals surface area contributed by atoms with Gasteiger partial charge in [-0.15, -0.1) is 0 Å². The molecule has 0 saturated carbocycles. The Hall–Kier alpha value is -2.31. The predicted octanol–water partition coefficient (Wildman–Crippen LogP) is 3.27. The number of hydrogen-bond acceptors (Lipinski definition) is 4. The molecule has 0 unspecified atom stereocenters. The average molecular weight is 374 g/mol. The summed E-state index contributed by atoms with van der Waals surface area (Å²) < 4.78 is 1.53. The van der Waals surface area contributed by atoms with Gasteiger partial charge in [0.25, 0.3) is 5.56 Å². The van der Waals surface area contributed by atoms with Crippen molar-refractivity contribution in [1.29, 1.82) is 0 Å². The lowest BCUT2D eigenvalue weighted by Crippen LogP contribution is -2.24. The molecule has 3 rings (SSSR count). The Morgan fingerprint density at radius 3 is 2.68 bits per heavy atom. The number of thioether (sulfide) groups is 1. The Kier molecular flexibility index (Phi) is 5.40. The summed E-state index contributed by atoms with van der Waals surface area (Å²) in [6.45, 7) is 1.96. The molecule has 128 valence electrons. The molecule has 5 nitrogen and oxygen atoms in total. The van der Waals surface area contributed by atoms with Gasteiger partial charge in [0.1, 0.15) is 0 Å². The lowest BCUT2D eigenvalue weighted by Gasteiger charge is -2.14. The van der Waals surface area contributed by atoms with E-state index in [4.69, 9.17) is 11.6 Å². The molecule has 0 aliphatic heterocycles. The molecule has 0 atom stereocenters. The molecule has 0 aliphatic carbocycles. The zero-order valence-electron chi connectivity index (χ0n) is 13.5. The Balaban J connectivity index is 2.10. The molecule has 1 amide bonds. The molecule has 25 heavy (non-hydrogen) atoms. The molecular weight excluding hydrogens is 358 g/mol. The fourth-order valence-electron chi connectivity index (χ4n) is 2.42. The number of rotatable bonds is 5. The van der Waals surface area contributed by atoms with Gasteiger partial charge in [-0.1, -0.05) is 47.6 Å². The number of halogens is 1. The van der Waals surface area contributed by atoms with E-state index in [1.54, 1.807) is 18.2 Å². The summed E-state index contributed by atoms with van der Waals surface area (Å²) in [5, 5.41) is 4.29. The van der Waals surface area contributed by atoms with E-state index < -0.39 is 0 Å². The van der Waals surface area contributed by atoms with Gasteiger partial charge in [0.15, 0.2) is 5.16 Å². The number of fused-ring (bicyclic) bond motifs is 1. The van der Waals surface area contributed by atoms with E-state index >= 15 is 0 Å². The van der Waals surface area contributed by atoms with Crippen molar-refractivity contribution >= 4 is 40.2 Å². The Morgan fingerprint density at radius 2 is 1.92 bits per heavy atom. The van der Waals surface area contributed by atoms with E-state index in [9.17, 15) is 9.59 Å². The van der Waals surface area contributed by atoms with Gasteiger partial charge < -0.3 is 5.32 Å². The van der Waals surface area contributed by atoms with Gasteiger partial charge in [-0.25, -0.2) is 4.98 Å². The van der Waals surface area contributed by atoms with E-state index in [1.807, 2.05) is 30.3 Å². The van der Waals surface area contributed by atoms with Gasteiger partial charge in [0, 0.05) is 19.2 Å². The second kappa shape index (κ2) is 7.72. The van der Waals surface area contributed by atoms with Crippen molar-refractivity contribution in [2.75, 3.05) is 12.3 Å². The Morgan fingerprint density at radius 1 is 1.20 bits per heavy atom. The second-order valence-electron chi connectivity index (χ2n) is 5.33. The number of nitrogens with zero attached hydrogens (tertiary/aromatic N) is 2. The minimum Gasteiger partial charge on any atom is -0.356 e. The van der Waals surface area contributed by atoms with Crippen LogP contribution in [0.5, 0.6) is 0 Å². The summed E-state index contributed by atoms with van der Waals surface area (Å²) in [6.07, 6.45) is 0. The van der Waals surface area contributed by atoms with Crippen LogP contribution in [-0.4, -0.2) is 27.8 Å². The quantitative estimate of drug-likeness (QED) is 0.423. The van der Waals surface area contributed by atoms with Crippen molar-refractivity contribution in [2.45, 2.75) is 12.1 Å². The lowest BCUT2D eigenvalue weighted by atomic mass is 10.2. The number of benzene rings is 2. The molecule has 3 aromatic rings. The Labute approximate surface area is 154 Å². The summed E-state index contributed by atoms with van der Waals surface area (Å²) in [5.74, 6) is 0.505. The highest BCUT2D eigenvalue weighted by atomic mass is 35.5. The van der Waals surface area contributed by atoms with Crippen molar-refractivity contribution in [1.82, 2.24) is 14.9 Å². The SMILES string of the molecule is CC(=O)NCCSc1nc2ccccc2c(=O)n1-c1ccccc1Cl. The van der Waals surface area contributed by atoms with Crippen LogP contribution in [0.25, 0.3) is 16.6 Å². The van der Waals surface area contributed by atoms with E-state index in [2.05, 4.69) is 10.3 Å². The topological polar surface area (TPSA) is 64.0 Å². The largest absolute Gasteiger partial charge is 0.356 e. The molecule has 1 aromatic heterocycles. The van der Waals surface area contributed by atoms with Crippen LogP contribution in [0.1, 0.15) is 6.92 Å². The van der Waals surface area contributed by atoms with Crippen molar-refractivity contribution in [2.24, 2.45) is 0 Å². The highest BCUT2D eigenvalue weighted by Gasteiger charge is 2.15. The Bertz CT molecular complexity index is 987. The summed E-state index contributed by atoms with van der Waals surface area (Å²) >= 11 is 7.70. The monoisotopic (exact) mass is 373 g/mol. The molecule has 0 radical (unpaired) electrons. The first kappa shape index (κ1) is 17.5. The first-order chi connectivity index (χ1) is 12.1. The minimum absolute atomic E-state index is 0.0874. The highest BCUT2D eigenvalue weighted by Crippen LogP contribution is 2.25. The van der Waals surface area contributed by atoms with Gasteiger partial charge in [-0.3, -0.25) is 14.2 Å². The smallest absolute Gasteiger partial charge is 0.266 e. The van der Waals surface area contributed by atoms with Gasteiger partial charge in [0.05, 0.1) is 21.6 Å². The zero-order chi connectivity index (χ0) is 17.8. The number of amides is 1. The molecule has 0 saturated heterocycles. The molecule has 1 heterocycles. The van der Waals surface area contributed by atoms with Crippen LogP contribution < -0.4 is 10.9 Å². The van der Waals surface area contributed by atoms with E-state index in [-0.39, 0.29) is 11.5 Å². The predicted molar refractivity (Wildman–Crippen MR) is 102 cm³/mol. The molecule has 0 spiro atoms. The molecule has 1 N–H and O–H groups in total. The fourth-order valence-corrected chi connectivity index (χ4v) is 3.50. The standard InChI is InChI=1S/C18H16ClN3O2S/c1-12(23)20-10-11-25-18-21-15-8-4-2-6-13(15)17(24)22(18)16-9-5-3-7-14(16)19/h2-9H,10-11H2,1H3,(H,20,23). The number of para-hydroxylation sites is 2. The van der Waals surface area contributed by atoms with Gasteiger partial charge in [-0.2, -0.15) is 0 Å². The van der Waals surface area contributed by atoms with Crippen LogP contribution in [0.15, 0.2) is 58.5 Å². The van der Waals surface area contributed by atoms with Gasteiger partial charge in [-0.05, 0) is 24.3 Å². The van der Waals surface area contributed by atoms with Crippen LogP contribution in [-0.2, 0) is 4.79 Å². The van der Waals surface area contributed by atoms with Gasteiger partial charge in [0.2, 0.25) is 5.91 Å². The number of nitrogens with one attached hydrogen (secondary N) is 1. The first-order valence-electron chi connectivity index (χ1n) is 7.72. The molecular formula is C18H16ClN3O2S. The summed E-state index contributed by atoms with van der Waals surface area (Å²) in [7, 11) is 0. The molecule has 7 heteroatoms. The maximum atomic E-state index is 13.0. The lowest BCUT2D eigenvalue weighted by molar-refractivity contribution is -0.118. The van der Waals surface area contributed by atoms with Crippen LogP contribution in [0.3, 0.4) is 0 Å². The minimum atomic E-state index is -0.166. The molecule has 0 aliphatic rings. The molecule has 0 bridgehead atoms. The van der Waals surface area contributed by atoms with Crippen LogP contribution in [0.4, 0.5) is 0 Å². The third kappa shape index (κ3) is 3.86. The normalized spacial score (nSPS) is 10.8. The third-order valence-corrected chi connectivity index (χ3v) is 4.81. The van der Waals surface area contributed by atoms with Crippen LogP contribution in [0, 0.1) is 0 Å². The average Bonchev–Trinajstić information content (AvgIpc) is 2.60. The number of carbonyl (C=O) groups excluding carboxylic acids is 1. The number of aromatic nitrogens is 2. The van der Waals surface area contributed by atoms with Crippen molar-refractivity contribution in [3.8, 4) is 5.69 Å². The second-order valence-corrected chi connectivity index (χ2v) is 6.80. The van der Waals surface area contributed by atoms with Crippen molar-refractivity contribution in [3.63, 3.8) is 0 Å². The van der Waals surface area contributed by atoms with E-state index in [0.29, 0.717) is 39.1 Å². The maximum absolute atomic E-state index is 13.0. The highest BCUT2D eigenvalue weighted by molar-refractivity contribution is 7.99. The number of hydrogen-bond donors (Lipinski definition) is 1. The molecule has 0 fully saturated rings. The summed E-state index contributed by atoms with van der Waals surface area (Å²) in [6, 6.07) is 14.4. The zero-order valence-corrected chi connectivity index (χ0v) is 15.1. The fraction of sp³-hybridized carbons (Fsp3) is 0.167. The van der Waals surface area contributed by atoms with Crippen molar-refractivity contribution < 1.29 is 4.79 Å². The van der Waals surface area contributed by atoms with Crippen molar-refractivity contribution in [3.05, 3.63) is 63.9 Å². The number of carbonyl (C=O) groups is 1. The third-order valence-electron chi connectivity index (χ3n) is 3.55. The van der Waals surface area contributed by atoms with Crippen LogP contribution in [0.2, 0.25) is 5.02 Å². The summed E-state index contributed by atoms with van der Waals surface area (Å²) in [4.78, 5) is 28.7. The van der Waals surface area contributed by atoms with E-state index in [1.165, 1.54) is 23.3 Å². The van der Waals surface area contributed by atoms with E-state index in [0.717, 1.165) is 0 Å². The molecule has 2 aromatic carbocycles. The summed E-state index contributed by atoms with van der Waals surface area (Å²) in [5.41, 5.74) is 1.06. The van der Waals surface area contributed by atoms with Crippen LogP contribution >= 0.6 is 23.4 Å². The first-order valence-corrected chi connectivity index (χ1v) is 9.08. The maximum Gasteiger partial charge on any atom is 0.266 e.